The smallest absolute Gasteiger partial charge is 0.226 e. The van der Waals surface area contributed by atoms with Gasteiger partial charge in [-0.25, -0.2) is 18.4 Å². The van der Waals surface area contributed by atoms with Gasteiger partial charge in [0, 0.05) is 11.3 Å². The second-order valence-electron chi connectivity index (χ2n) is 4.67. The second-order valence-corrected chi connectivity index (χ2v) is 7.68. The monoisotopic (exact) mass is 369 g/mol. The Hall–Kier alpha value is -1.84. The first-order valence-electron chi connectivity index (χ1n) is 6.42. The van der Waals surface area contributed by atoms with E-state index in [2.05, 4.69) is 15.1 Å². The van der Waals surface area contributed by atoms with Crippen molar-refractivity contribution in [1.82, 2.24) is 19.2 Å². The summed E-state index contributed by atoms with van der Waals surface area (Å²) in [6, 6.07) is 5.92. The van der Waals surface area contributed by atoms with E-state index in [1.54, 1.807) is 13.2 Å². The zero-order valence-electron chi connectivity index (χ0n) is 12.2. The maximum Gasteiger partial charge on any atom is 0.226 e. The van der Waals surface area contributed by atoms with Crippen LogP contribution in [0, 0.1) is 6.92 Å². The van der Waals surface area contributed by atoms with Gasteiger partial charge < -0.3 is 5.73 Å². The summed E-state index contributed by atoms with van der Waals surface area (Å²) in [6.07, 6.45) is 1.71. The molecule has 7 nitrogen and oxygen atoms in total. The molecular formula is C13H12ClN5O2S2. The molecule has 0 saturated carbocycles. The topological polar surface area (TPSA) is 104 Å². The lowest BCUT2D eigenvalue weighted by Gasteiger charge is -2.06. The van der Waals surface area contributed by atoms with Gasteiger partial charge in [-0.3, -0.25) is 0 Å². The van der Waals surface area contributed by atoms with Crippen molar-refractivity contribution in [1.29, 1.82) is 0 Å². The molecule has 0 aliphatic heterocycles. The van der Waals surface area contributed by atoms with Crippen LogP contribution in [0.5, 0.6) is 0 Å². The minimum absolute atomic E-state index is 0.0282. The number of sulfone groups is 1. The first kappa shape index (κ1) is 16.0. The molecule has 0 aliphatic rings. The average molecular weight is 370 g/mol. The average Bonchev–Trinajstić information content (AvgIpc) is 2.87. The van der Waals surface area contributed by atoms with Crippen molar-refractivity contribution in [2.24, 2.45) is 0 Å². The van der Waals surface area contributed by atoms with Crippen LogP contribution < -0.4 is 5.73 Å². The zero-order chi connectivity index (χ0) is 16.8. The van der Waals surface area contributed by atoms with Crippen molar-refractivity contribution in [3.63, 3.8) is 0 Å². The maximum absolute atomic E-state index is 13.0. The van der Waals surface area contributed by atoms with Gasteiger partial charge in [0.05, 0.1) is 4.90 Å². The summed E-state index contributed by atoms with van der Waals surface area (Å²) in [5.74, 6) is 0.524. The van der Waals surface area contributed by atoms with Crippen LogP contribution in [-0.4, -0.2) is 33.8 Å². The van der Waals surface area contributed by atoms with Gasteiger partial charge in [-0.1, -0.05) is 11.6 Å². The third-order valence-electron chi connectivity index (χ3n) is 3.14. The quantitative estimate of drug-likeness (QED) is 0.755. The molecule has 3 rings (SSSR count). The van der Waals surface area contributed by atoms with Crippen molar-refractivity contribution >= 4 is 50.2 Å². The minimum atomic E-state index is -3.84. The molecule has 0 fully saturated rings. The molecule has 1 aromatic carbocycles. The Morgan fingerprint density at radius 1 is 1.17 bits per heavy atom. The molecule has 0 amide bonds. The molecule has 0 atom stereocenters. The first-order chi connectivity index (χ1) is 10.8. The second kappa shape index (κ2) is 5.66. The summed E-state index contributed by atoms with van der Waals surface area (Å²) in [4.78, 5) is 8.35. The highest BCUT2D eigenvalue weighted by atomic mass is 35.5. The molecule has 0 bridgehead atoms. The molecule has 10 heteroatoms. The predicted molar refractivity (Wildman–Crippen MR) is 90.3 cm³/mol. The maximum atomic E-state index is 13.0. The molecule has 0 radical (unpaired) electrons. The van der Waals surface area contributed by atoms with Crippen molar-refractivity contribution in [2.75, 3.05) is 12.0 Å². The number of benzene rings is 1. The molecule has 3 aromatic rings. The van der Waals surface area contributed by atoms with Gasteiger partial charge in [-0.15, -0.1) is 0 Å². The lowest BCUT2D eigenvalue weighted by molar-refractivity contribution is 0.591. The SMILES string of the molecule is CSn1nc2c(N)nc(C)nc2c1S(=O)(=O)c1ccc(Cl)cc1. The lowest BCUT2D eigenvalue weighted by atomic mass is 10.4. The molecule has 2 N–H and O–H groups in total. The molecule has 23 heavy (non-hydrogen) atoms. The molecule has 120 valence electrons. The van der Waals surface area contributed by atoms with Crippen LogP contribution in [0.15, 0.2) is 34.2 Å². The fourth-order valence-electron chi connectivity index (χ4n) is 2.14. The van der Waals surface area contributed by atoms with E-state index < -0.39 is 9.84 Å². The third kappa shape index (κ3) is 2.64. The van der Waals surface area contributed by atoms with Crippen molar-refractivity contribution in [3.8, 4) is 0 Å². The van der Waals surface area contributed by atoms with Gasteiger partial charge in [0.1, 0.15) is 11.3 Å². The number of nitrogen functional groups attached to an aromatic ring is 1. The van der Waals surface area contributed by atoms with Crippen LogP contribution >= 0.6 is 23.5 Å². The van der Waals surface area contributed by atoms with Gasteiger partial charge in [0.15, 0.2) is 16.4 Å². The van der Waals surface area contributed by atoms with E-state index in [4.69, 9.17) is 17.3 Å². The van der Waals surface area contributed by atoms with Gasteiger partial charge in [0.2, 0.25) is 9.84 Å². The Labute approximate surface area is 141 Å². The van der Waals surface area contributed by atoms with Crippen molar-refractivity contribution in [2.45, 2.75) is 16.8 Å². The number of hydrogen-bond donors (Lipinski definition) is 1. The van der Waals surface area contributed by atoms with E-state index >= 15 is 0 Å². The predicted octanol–water partition coefficient (Wildman–Crippen LogP) is 2.33. The van der Waals surface area contributed by atoms with E-state index in [1.165, 1.54) is 28.4 Å². The summed E-state index contributed by atoms with van der Waals surface area (Å²) in [7, 11) is -3.84. The number of aryl methyl sites for hydroxylation is 1. The molecule has 2 heterocycles. The fourth-order valence-corrected chi connectivity index (χ4v) is 4.56. The van der Waals surface area contributed by atoms with Crippen molar-refractivity contribution in [3.05, 3.63) is 35.1 Å². The zero-order valence-corrected chi connectivity index (χ0v) is 14.6. The number of aromatic nitrogens is 4. The third-order valence-corrected chi connectivity index (χ3v) is 5.89. The van der Waals surface area contributed by atoms with E-state index in [-0.39, 0.29) is 26.8 Å². The highest BCUT2D eigenvalue weighted by Crippen LogP contribution is 2.31. The summed E-state index contributed by atoms with van der Waals surface area (Å²) >= 11 is 6.97. The van der Waals surface area contributed by atoms with Crippen LogP contribution in [0.2, 0.25) is 5.02 Å². The number of hydrogen-bond acceptors (Lipinski definition) is 7. The Kier molecular flexibility index (Phi) is 3.95. The van der Waals surface area contributed by atoms with Crippen LogP contribution in [0.1, 0.15) is 5.82 Å². The first-order valence-corrected chi connectivity index (χ1v) is 9.47. The fraction of sp³-hybridized carbons (Fsp3) is 0.154. The summed E-state index contributed by atoms with van der Waals surface area (Å²) in [6.45, 7) is 1.64. The number of halogens is 1. The van der Waals surface area contributed by atoms with Crippen LogP contribution in [-0.2, 0) is 9.84 Å². The number of anilines is 1. The van der Waals surface area contributed by atoms with Crippen molar-refractivity contribution < 1.29 is 8.42 Å². The summed E-state index contributed by atoms with van der Waals surface area (Å²) in [5, 5.41) is 4.63. The van der Waals surface area contributed by atoms with E-state index in [1.807, 2.05) is 0 Å². The van der Waals surface area contributed by atoms with Gasteiger partial charge in [-0.2, -0.15) is 9.19 Å². The van der Waals surface area contributed by atoms with Crippen LogP contribution in [0.25, 0.3) is 11.0 Å². The number of rotatable bonds is 3. The number of nitrogens with two attached hydrogens (primary N) is 1. The van der Waals surface area contributed by atoms with Crippen LogP contribution in [0.3, 0.4) is 0 Å². The normalized spacial score (nSPS) is 12.0. The Morgan fingerprint density at radius 2 is 1.83 bits per heavy atom. The van der Waals surface area contributed by atoms with E-state index in [0.717, 1.165) is 11.9 Å². The van der Waals surface area contributed by atoms with E-state index in [9.17, 15) is 8.42 Å². The Bertz CT molecular complexity index is 999. The number of fused-ring (bicyclic) bond motifs is 1. The molecule has 0 spiro atoms. The largest absolute Gasteiger partial charge is 0.382 e. The summed E-state index contributed by atoms with van der Waals surface area (Å²) in [5.41, 5.74) is 6.32. The lowest BCUT2D eigenvalue weighted by Crippen LogP contribution is -2.08. The molecule has 0 aliphatic carbocycles. The Balaban J connectivity index is 2.36. The molecule has 0 unspecified atom stereocenters. The molecule has 2 aromatic heterocycles. The van der Waals surface area contributed by atoms with E-state index in [0.29, 0.717) is 10.8 Å². The highest BCUT2D eigenvalue weighted by Gasteiger charge is 2.29. The Morgan fingerprint density at radius 3 is 2.43 bits per heavy atom. The molecule has 0 saturated heterocycles. The van der Waals surface area contributed by atoms with Gasteiger partial charge >= 0.3 is 0 Å². The molecular weight excluding hydrogens is 358 g/mol. The highest BCUT2D eigenvalue weighted by molar-refractivity contribution is 7.98. The summed E-state index contributed by atoms with van der Waals surface area (Å²) < 4.78 is 27.3. The standard InChI is InChI=1S/C13H12ClN5O2S2/c1-7-16-11-10(12(15)17-7)18-19(22-2)13(11)23(20,21)9-5-3-8(14)4-6-9/h3-6H,1-2H3,(H2,15,16,17). The van der Waals surface area contributed by atoms with Gasteiger partial charge in [0.25, 0.3) is 0 Å². The number of nitrogens with zero attached hydrogens (tertiary/aromatic N) is 4. The van der Waals surface area contributed by atoms with Gasteiger partial charge in [-0.05, 0) is 43.1 Å². The van der Waals surface area contributed by atoms with Crippen LogP contribution in [0.4, 0.5) is 5.82 Å². The minimum Gasteiger partial charge on any atom is -0.382 e.